The van der Waals surface area contributed by atoms with Gasteiger partial charge in [-0.15, -0.1) is 0 Å². The summed E-state index contributed by atoms with van der Waals surface area (Å²) in [4.78, 5) is 14.9. The molecule has 0 bridgehead atoms. The molecule has 4 rings (SSSR count). The monoisotopic (exact) mass is 475 g/mol. The van der Waals surface area contributed by atoms with Crippen LogP contribution in [0.3, 0.4) is 0 Å². The highest BCUT2D eigenvalue weighted by atomic mass is 19.3. The zero-order valence-electron chi connectivity index (χ0n) is 19.5. The van der Waals surface area contributed by atoms with E-state index in [4.69, 9.17) is 14.2 Å². The Morgan fingerprint density at radius 1 is 1.15 bits per heavy atom. The first kappa shape index (κ1) is 24.4. The van der Waals surface area contributed by atoms with Crippen molar-refractivity contribution in [2.24, 2.45) is 0 Å². The number of benzene rings is 2. The highest BCUT2D eigenvalue weighted by Gasteiger charge is 2.45. The van der Waals surface area contributed by atoms with Gasteiger partial charge in [-0.3, -0.25) is 4.79 Å². The first-order valence-electron chi connectivity index (χ1n) is 11.7. The molecule has 2 fully saturated rings. The van der Waals surface area contributed by atoms with Crippen LogP contribution in [-0.4, -0.2) is 55.9 Å². The Labute approximate surface area is 198 Å². The van der Waals surface area contributed by atoms with Crippen LogP contribution in [0, 0.1) is 0 Å². The van der Waals surface area contributed by atoms with Crippen molar-refractivity contribution in [1.29, 1.82) is 0 Å². The Morgan fingerprint density at radius 2 is 1.88 bits per heavy atom. The van der Waals surface area contributed by atoms with E-state index in [9.17, 15) is 13.6 Å². The van der Waals surface area contributed by atoms with Crippen LogP contribution in [0.5, 0.6) is 11.5 Å². The van der Waals surface area contributed by atoms with E-state index in [1.807, 2.05) is 25.1 Å². The van der Waals surface area contributed by atoms with Crippen molar-refractivity contribution in [3.63, 3.8) is 0 Å². The number of likely N-dealkylation sites (tertiary alicyclic amines) is 1. The van der Waals surface area contributed by atoms with Crippen LogP contribution < -0.4 is 9.47 Å². The van der Waals surface area contributed by atoms with E-state index in [0.29, 0.717) is 38.1 Å². The number of amides is 1. The molecule has 2 aliphatic heterocycles. The smallest absolute Gasteiger partial charge is 0.387 e. The predicted molar refractivity (Wildman–Crippen MR) is 122 cm³/mol. The van der Waals surface area contributed by atoms with Gasteiger partial charge in [-0.1, -0.05) is 30.3 Å². The van der Waals surface area contributed by atoms with E-state index >= 15 is 0 Å². The molecule has 0 aromatic heterocycles. The number of carbonyl (C=O) groups excluding carboxylic acids is 1. The second-order valence-corrected chi connectivity index (χ2v) is 8.75. The van der Waals surface area contributed by atoms with Gasteiger partial charge in [0.25, 0.3) is 5.91 Å². The number of carbonyl (C=O) groups is 1. The third-order valence-corrected chi connectivity index (χ3v) is 6.63. The first-order valence-corrected chi connectivity index (χ1v) is 11.7. The Balaban J connectivity index is 1.45. The molecular formula is C26H31F2NO5. The molecule has 2 heterocycles. The summed E-state index contributed by atoms with van der Waals surface area (Å²) in [5, 5.41) is 0. The van der Waals surface area contributed by atoms with Gasteiger partial charge in [0.2, 0.25) is 0 Å². The van der Waals surface area contributed by atoms with Gasteiger partial charge in [0, 0.05) is 38.1 Å². The minimum absolute atomic E-state index is 0.0413. The summed E-state index contributed by atoms with van der Waals surface area (Å²) in [5.41, 5.74) is 1.17. The molecule has 0 saturated carbocycles. The molecule has 2 aliphatic rings. The van der Waals surface area contributed by atoms with Crippen LogP contribution in [0.25, 0.3) is 0 Å². The average molecular weight is 476 g/mol. The molecule has 2 atom stereocenters. The van der Waals surface area contributed by atoms with E-state index in [2.05, 4.69) is 16.9 Å². The molecule has 0 N–H and O–H groups in total. The molecule has 6 nitrogen and oxygen atoms in total. The third kappa shape index (κ3) is 5.50. The second-order valence-electron chi connectivity index (χ2n) is 8.75. The number of hydrogen-bond donors (Lipinski definition) is 0. The summed E-state index contributed by atoms with van der Waals surface area (Å²) in [7, 11) is 1.35. The predicted octanol–water partition coefficient (Wildman–Crippen LogP) is 5.23. The van der Waals surface area contributed by atoms with Crippen LogP contribution in [-0.2, 0) is 9.47 Å². The summed E-state index contributed by atoms with van der Waals surface area (Å²) in [6, 6.07) is 14.5. The van der Waals surface area contributed by atoms with Gasteiger partial charge in [-0.05, 0) is 43.5 Å². The lowest BCUT2D eigenvalue weighted by Crippen LogP contribution is -2.52. The highest BCUT2D eigenvalue weighted by molar-refractivity contribution is 5.95. The maximum Gasteiger partial charge on any atom is 0.387 e. The van der Waals surface area contributed by atoms with Gasteiger partial charge in [0.05, 0.1) is 24.9 Å². The highest BCUT2D eigenvalue weighted by Crippen LogP contribution is 2.44. The topological polar surface area (TPSA) is 57.2 Å². The van der Waals surface area contributed by atoms with Crippen LogP contribution in [0.2, 0.25) is 0 Å². The largest absolute Gasteiger partial charge is 0.493 e. The normalized spacial score (nSPS) is 22.1. The maximum absolute atomic E-state index is 13.1. The number of halogens is 2. The fourth-order valence-electron chi connectivity index (χ4n) is 4.99. The molecule has 8 heteroatoms. The summed E-state index contributed by atoms with van der Waals surface area (Å²) >= 11 is 0. The fraction of sp³-hybridized carbons (Fsp3) is 0.500. The van der Waals surface area contributed by atoms with Crippen LogP contribution in [0.15, 0.2) is 48.5 Å². The molecule has 2 saturated heterocycles. The minimum atomic E-state index is -2.97. The van der Waals surface area contributed by atoms with Crippen molar-refractivity contribution in [3.05, 3.63) is 59.7 Å². The quantitative estimate of drug-likeness (QED) is 0.549. The van der Waals surface area contributed by atoms with Crippen molar-refractivity contribution in [3.8, 4) is 11.5 Å². The van der Waals surface area contributed by atoms with Gasteiger partial charge in [-0.2, -0.15) is 8.78 Å². The van der Waals surface area contributed by atoms with Crippen LogP contribution >= 0.6 is 0 Å². The Bertz CT molecular complexity index is 963. The molecule has 0 radical (unpaired) electrons. The standard InChI is InChI=1S/C26H31F2NO5/c1-3-32-20-16-22(18-7-5-4-6-8-18)34-26(17-20)11-13-29(14-12-26)24(30)19-9-10-21(33-25(27)28)23(15-19)31-2/h4-10,15,20,22,25H,3,11-14,16-17H2,1-2H3/t20-,22-/m0/s1. The Hall–Kier alpha value is -2.71. The molecular weight excluding hydrogens is 444 g/mol. The van der Waals surface area contributed by atoms with Gasteiger partial charge in [-0.25, -0.2) is 0 Å². The summed E-state index contributed by atoms with van der Waals surface area (Å²) < 4.78 is 47.5. The van der Waals surface area contributed by atoms with Gasteiger partial charge in [0.1, 0.15) is 0 Å². The average Bonchev–Trinajstić information content (AvgIpc) is 2.84. The van der Waals surface area contributed by atoms with E-state index in [-0.39, 0.29) is 35.2 Å². The molecule has 34 heavy (non-hydrogen) atoms. The summed E-state index contributed by atoms with van der Waals surface area (Å²) in [6.07, 6.45) is 3.10. The minimum Gasteiger partial charge on any atom is -0.493 e. The van der Waals surface area contributed by atoms with Crippen molar-refractivity contribution in [1.82, 2.24) is 4.90 Å². The van der Waals surface area contributed by atoms with E-state index in [0.717, 1.165) is 18.4 Å². The molecule has 0 aliphatic carbocycles. The molecule has 0 unspecified atom stereocenters. The molecule has 1 spiro atoms. The number of methoxy groups -OCH3 is 1. The van der Waals surface area contributed by atoms with E-state index < -0.39 is 6.61 Å². The lowest BCUT2D eigenvalue weighted by atomic mass is 9.80. The first-order chi connectivity index (χ1) is 16.4. The van der Waals surface area contributed by atoms with Gasteiger partial charge >= 0.3 is 6.61 Å². The van der Waals surface area contributed by atoms with Gasteiger partial charge in [0.15, 0.2) is 11.5 Å². The Morgan fingerprint density at radius 3 is 2.53 bits per heavy atom. The van der Waals surface area contributed by atoms with Crippen LogP contribution in [0.4, 0.5) is 8.78 Å². The lowest BCUT2D eigenvalue weighted by Gasteiger charge is -2.48. The van der Waals surface area contributed by atoms with Crippen LogP contribution in [0.1, 0.15) is 54.6 Å². The van der Waals surface area contributed by atoms with Crippen molar-refractivity contribution in [2.75, 3.05) is 26.8 Å². The SMILES string of the molecule is CCO[C@H]1C[C@@H](c2ccccc2)OC2(CCN(C(=O)c3ccc(OC(F)F)c(OC)c3)CC2)C1. The van der Waals surface area contributed by atoms with Crippen molar-refractivity contribution >= 4 is 5.91 Å². The fourth-order valence-corrected chi connectivity index (χ4v) is 4.99. The van der Waals surface area contributed by atoms with Gasteiger partial charge < -0.3 is 23.8 Å². The van der Waals surface area contributed by atoms with E-state index in [1.54, 1.807) is 4.90 Å². The maximum atomic E-state index is 13.1. The number of ether oxygens (including phenoxy) is 4. The Kier molecular flexibility index (Phi) is 7.68. The van der Waals surface area contributed by atoms with Crippen molar-refractivity contribution in [2.45, 2.75) is 57.0 Å². The zero-order valence-corrected chi connectivity index (χ0v) is 19.5. The third-order valence-electron chi connectivity index (χ3n) is 6.63. The molecule has 1 amide bonds. The zero-order chi connectivity index (χ0) is 24.1. The molecule has 184 valence electrons. The summed E-state index contributed by atoms with van der Waals surface area (Å²) in [6.45, 7) is 0.768. The number of rotatable bonds is 7. The second kappa shape index (κ2) is 10.7. The van der Waals surface area contributed by atoms with Crippen molar-refractivity contribution < 1.29 is 32.5 Å². The van der Waals surface area contributed by atoms with E-state index in [1.165, 1.54) is 25.3 Å². The number of hydrogen-bond acceptors (Lipinski definition) is 5. The lowest BCUT2D eigenvalue weighted by molar-refractivity contribution is -0.190. The number of nitrogens with zero attached hydrogens (tertiary/aromatic N) is 1. The molecule has 2 aromatic rings. The number of alkyl halides is 2. The summed E-state index contributed by atoms with van der Waals surface area (Å²) in [5.74, 6) is -0.176. The number of piperidine rings is 1. The molecule has 2 aromatic carbocycles.